The summed E-state index contributed by atoms with van der Waals surface area (Å²) in [6.45, 7) is 0.686. The predicted octanol–water partition coefficient (Wildman–Crippen LogP) is -0.218. The smallest absolute Gasteiger partial charge is 0.469 e. The molecule has 0 fully saturated rings. The van der Waals surface area contributed by atoms with Crippen LogP contribution in [0, 0.1) is 6.92 Å². The van der Waals surface area contributed by atoms with Gasteiger partial charge in [0, 0.05) is 29.3 Å². The van der Waals surface area contributed by atoms with Crippen LogP contribution in [-0.4, -0.2) is 59.1 Å². The van der Waals surface area contributed by atoms with Crippen LogP contribution in [0.5, 0.6) is 5.75 Å². The fourth-order valence-electron chi connectivity index (χ4n) is 2.45. The first-order valence-electron chi connectivity index (χ1n) is 7.70. The quantitative estimate of drug-likeness (QED) is 0.347. The van der Waals surface area contributed by atoms with Crippen molar-refractivity contribution in [2.24, 2.45) is 4.99 Å². The Balaban J connectivity index is 2.36. The number of carboxylic acids is 1. The van der Waals surface area contributed by atoms with Crippen LogP contribution >= 0.6 is 7.82 Å². The van der Waals surface area contributed by atoms with Gasteiger partial charge in [-0.25, -0.2) is 9.36 Å². The largest absolute Gasteiger partial charge is 0.506 e. The maximum absolute atomic E-state index is 11.1. The lowest BCUT2D eigenvalue weighted by Gasteiger charge is -2.23. The van der Waals surface area contributed by atoms with Crippen molar-refractivity contribution in [1.82, 2.24) is 4.98 Å². The maximum Gasteiger partial charge on any atom is 0.469 e. The fourth-order valence-corrected chi connectivity index (χ4v) is 2.76. The first-order chi connectivity index (χ1) is 12.5. The minimum absolute atomic E-state index is 0.0955. The van der Waals surface area contributed by atoms with Crippen LogP contribution in [0.3, 0.4) is 0 Å². The molecule has 11 nitrogen and oxygen atoms in total. The number of hydrogen-bond acceptors (Lipinski definition) is 8. The summed E-state index contributed by atoms with van der Waals surface area (Å²) in [5.74, 6) is -1.54. The number of aliphatic imine (C=N–C) groups is 1. The van der Waals surface area contributed by atoms with E-state index < -0.39 is 32.6 Å². The molecule has 0 amide bonds. The van der Waals surface area contributed by atoms with Crippen LogP contribution in [0.1, 0.15) is 23.2 Å². The van der Waals surface area contributed by atoms with Crippen molar-refractivity contribution in [3.8, 4) is 5.75 Å². The Bertz CT molecular complexity index is 846. The molecule has 2 rings (SSSR count). The first-order valence-corrected chi connectivity index (χ1v) is 9.23. The number of aliphatic carboxylic acids is 1. The molecule has 0 aromatic carbocycles. The average Bonchev–Trinajstić information content (AvgIpc) is 2.57. The Hall–Kier alpha value is -2.14. The molecule has 0 bridgehead atoms. The lowest BCUT2D eigenvalue weighted by Crippen LogP contribution is -2.38. The number of hydrogen-bond donors (Lipinski definition) is 6. The maximum atomic E-state index is 11.1. The summed E-state index contributed by atoms with van der Waals surface area (Å²) in [5, 5.41) is 39.0. The molecule has 12 heteroatoms. The third-order valence-corrected chi connectivity index (χ3v) is 4.40. The average molecular weight is 402 g/mol. The van der Waals surface area contributed by atoms with Gasteiger partial charge < -0.3 is 30.2 Å². The number of phosphoric ester groups is 1. The van der Waals surface area contributed by atoms with Gasteiger partial charge in [0.1, 0.15) is 11.9 Å². The molecular weight excluding hydrogens is 383 g/mol. The summed E-state index contributed by atoms with van der Waals surface area (Å²) >= 11 is 0. The summed E-state index contributed by atoms with van der Waals surface area (Å²) in [6.07, 6.45) is -0.601. The van der Waals surface area contributed by atoms with E-state index in [-0.39, 0.29) is 46.8 Å². The number of carboxylic acid groups (broad SMARTS) is 1. The van der Waals surface area contributed by atoms with E-state index in [1.165, 1.54) is 13.1 Å². The van der Waals surface area contributed by atoms with E-state index in [1.807, 2.05) is 0 Å². The minimum atomic E-state index is -4.75. The van der Waals surface area contributed by atoms with Crippen molar-refractivity contribution in [2.75, 3.05) is 0 Å². The van der Waals surface area contributed by atoms with Gasteiger partial charge in [0.05, 0.1) is 30.7 Å². The molecule has 0 spiro atoms. The van der Waals surface area contributed by atoms with Gasteiger partial charge in [-0.2, -0.15) is 0 Å². The molecule has 0 saturated heterocycles. The van der Waals surface area contributed by atoms with Gasteiger partial charge in [0.25, 0.3) is 0 Å². The molecule has 6 N–H and O–H groups in total. The van der Waals surface area contributed by atoms with Crippen molar-refractivity contribution < 1.29 is 44.1 Å². The number of rotatable bonds is 6. The van der Waals surface area contributed by atoms with Crippen molar-refractivity contribution in [3.63, 3.8) is 0 Å². The van der Waals surface area contributed by atoms with Crippen LogP contribution in [0.15, 0.2) is 22.8 Å². The SMILES string of the molecule is Cc1ncc(COP(=O)(O)O)c(CN=C2C=C(C(=O)O)C[C@@H](O)[C@@H]2O)c1O. The number of carbonyl (C=O) groups is 1. The van der Waals surface area contributed by atoms with Gasteiger partial charge >= 0.3 is 13.8 Å². The van der Waals surface area contributed by atoms with Gasteiger partial charge in [-0.05, 0) is 13.0 Å². The number of pyridine rings is 1. The standard InChI is InChI=1S/C15H19N2O9P/c1-7-13(19)10(9(4-16-7)6-26-27(23,24)25)5-17-11-2-8(15(21)22)3-12(18)14(11)20/h2,4,12,14,18-20H,3,5-6H2,1H3,(H,21,22)(H2,23,24,25)/t12-,14-/m1/s1. The van der Waals surface area contributed by atoms with E-state index in [4.69, 9.17) is 14.9 Å². The lowest BCUT2D eigenvalue weighted by atomic mass is 9.92. The highest BCUT2D eigenvalue weighted by atomic mass is 31.2. The molecule has 0 aliphatic heterocycles. The van der Waals surface area contributed by atoms with E-state index >= 15 is 0 Å². The fraction of sp³-hybridized carbons (Fsp3) is 0.400. The Morgan fingerprint density at radius 1 is 1.41 bits per heavy atom. The van der Waals surface area contributed by atoms with Crippen molar-refractivity contribution in [1.29, 1.82) is 0 Å². The van der Waals surface area contributed by atoms with Gasteiger partial charge in [0.2, 0.25) is 0 Å². The third-order valence-electron chi connectivity index (χ3n) is 3.93. The first kappa shape index (κ1) is 21.2. The molecule has 2 atom stereocenters. The second-order valence-corrected chi connectivity index (χ2v) is 7.13. The molecule has 1 aliphatic rings. The zero-order valence-electron chi connectivity index (χ0n) is 14.2. The highest BCUT2D eigenvalue weighted by molar-refractivity contribution is 7.46. The summed E-state index contributed by atoms with van der Waals surface area (Å²) in [4.78, 5) is 36.7. The number of phosphoric acid groups is 1. The summed E-state index contributed by atoms with van der Waals surface area (Å²) in [6, 6.07) is 0. The monoisotopic (exact) mass is 402 g/mol. The molecule has 27 heavy (non-hydrogen) atoms. The Morgan fingerprint density at radius 3 is 2.67 bits per heavy atom. The number of aliphatic hydroxyl groups excluding tert-OH is 2. The van der Waals surface area contributed by atoms with E-state index in [0.717, 1.165) is 6.08 Å². The van der Waals surface area contributed by atoms with Crippen LogP contribution in [0.4, 0.5) is 0 Å². The molecule has 1 aliphatic carbocycles. The number of aromatic nitrogens is 1. The Kier molecular flexibility index (Phi) is 6.47. The number of aliphatic hydroxyl groups is 2. The van der Waals surface area contributed by atoms with Crippen LogP contribution in [0.2, 0.25) is 0 Å². The number of aromatic hydroxyl groups is 1. The van der Waals surface area contributed by atoms with Gasteiger partial charge in [-0.15, -0.1) is 0 Å². The van der Waals surface area contributed by atoms with E-state index in [0.29, 0.717) is 0 Å². The Morgan fingerprint density at radius 2 is 2.07 bits per heavy atom. The van der Waals surface area contributed by atoms with E-state index in [1.54, 1.807) is 0 Å². The van der Waals surface area contributed by atoms with Crippen molar-refractivity contribution >= 4 is 19.5 Å². The van der Waals surface area contributed by atoms with Gasteiger partial charge in [-0.1, -0.05) is 0 Å². The second kappa shape index (κ2) is 8.26. The van der Waals surface area contributed by atoms with Crippen LogP contribution < -0.4 is 0 Å². The van der Waals surface area contributed by atoms with Crippen LogP contribution in [-0.2, 0) is 27.0 Å². The predicted molar refractivity (Wildman–Crippen MR) is 91.0 cm³/mol. The molecule has 0 saturated carbocycles. The molecule has 1 aromatic heterocycles. The highest BCUT2D eigenvalue weighted by Gasteiger charge is 2.30. The number of nitrogens with zero attached hydrogens (tertiary/aromatic N) is 2. The lowest BCUT2D eigenvalue weighted by molar-refractivity contribution is -0.133. The molecule has 148 valence electrons. The molecule has 1 heterocycles. The normalized spacial score (nSPS) is 22.0. The second-order valence-electron chi connectivity index (χ2n) is 5.89. The highest BCUT2D eigenvalue weighted by Crippen LogP contribution is 2.38. The third kappa shape index (κ3) is 5.42. The summed E-state index contributed by atoms with van der Waals surface area (Å²) in [5.41, 5.74) is 0.296. The zero-order chi connectivity index (χ0) is 20.4. The molecule has 1 aromatic rings. The minimum Gasteiger partial charge on any atom is -0.506 e. The van der Waals surface area contributed by atoms with Crippen LogP contribution in [0.25, 0.3) is 0 Å². The zero-order valence-corrected chi connectivity index (χ0v) is 15.1. The summed E-state index contributed by atoms with van der Waals surface area (Å²) in [7, 11) is -4.75. The van der Waals surface area contributed by atoms with E-state index in [2.05, 4.69) is 14.5 Å². The van der Waals surface area contributed by atoms with Gasteiger partial charge in [0.15, 0.2) is 0 Å². The Labute approximate surface area is 153 Å². The van der Waals surface area contributed by atoms with E-state index in [9.17, 15) is 24.7 Å². The van der Waals surface area contributed by atoms with Gasteiger partial charge in [-0.3, -0.25) is 14.5 Å². The molecule has 0 unspecified atom stereocenters. The number of aryl methyl sites for hydroxylation is 1. The van der Waals surface area contributed by atoms with Crippen molar-refractivity contribution in [3.05, 3.63) is 34.7 Å². The molecule has 0 radical (unpaired) electrons. The van der Waals surface area contributed by atoms with Crippen molar-refractivity contribution in [2.45, 2.75) is 38.7 Å². The topological polar surface area (TPSA) is 190 Å². The summed E-state index contributed by atoms with van der Waals surface area (Å²) < 4.78 is 15.3. The molecular formula is C15H19N2O9P.